The number of benzene rings is 1. The molecule has 0 bridgehead atoms. The molecule has 3 aromatic rings. The molecule has 1 amide bonds. The lowest BCUT2D eigenvalue weighted by atomic mass is 10.1. The predicted molar refractivity (Wildman–Crippen MR) is 89.8 cm³/mol. The second-order valence-corrected chi connectivity index (χ2v) is 6.51. The van der Waals surface area contributed by atoms with Crippen molar-refractivity contribution in [1.29, 1.82) is 0 Å². The molecule has 1 aliphatic heterocycles. The van der Waals surface area contributed by atoms with E-state index in [1.165, 1.54) is 10.5 Å². The molecule has 2 aromatic heterocycles. The van der Waals surface area contributed by atoms with Gasteiger partial charge in [-0.2, -0.15) is 5.10 Å². The lowest BCUT2D eigenvalue weighted by Crippen LogP contribution is -2.24. The number of aromatic nitrogens is 3. The average molecular weight is 322 g/mol. The van der Waals surface area contributed by atoms with Crippen molar-refractivity contribution in [3.63, 3.8) is 0 Å². The Kier molecular flexibility index (Phi) is 3.59. The second-order valence-electron chi connectivity index (χ2n) is 5.26. The maximum absolute atomic E-state index is 12.4. The van der Waals surface area contributed by atoms with Crippen LogP contribution >= 0.6 is 11.8 Å². The molecule has 3 heterocycles. The van der Waals surface area contributed by atoms with Crippen LogP contribution in [0.2, 0.25) is 0 Å². The highest BCUT2D eigenvalue weighted by atomic mass is 32.2. The third-order valence-electron chi connectivity index (χ3n) is 3.69. The second kappa shape index (κ2) is 5.89. The number of hydrogen-bond acceptors (Lipinski definition) is 4. The topological polar surface area (TPSA) is 59.8 Å². The summed E-state index contributed by atoms with van der Waals surface area (Å²) in [6.07, 6.45) is 5.95. The molecule has 0 aliphatic carbocycles. The number of carbonyl (C=O) groups is 1. The van der Waals surface area contributed by atoms with E-state index in [0.29, 0.717) is 5.69 Å². The molecule has 1 aromatic carbocycles. The Bertz CT molecular complexity index is 805. The van der Waals surface area contributed by atoms with Crippen LogP contribution in [0.5, 0.6) is 0 Å². The van der Waals surface area contributed by atoms with Crippen molar-refractivity contribution in [3.8, 4) is 5.82 Å². The molecule has 6 heteroatoms. The van der Waals surface area contributed by atoms with Gasteiger partial charge in [-0.05, 0) is 36.2 Å². The molecule has 0 unspecified atom stereocenters. The van der Waals surface area contributed by atoms with E-state index in [0.717, 1.165) is 12.2 Å². The first-order valence-electron chi connectivity index (χ1n) is 7.31. The Balaban J connectivity index is 1.44. The van der Waals surface area contributed by atoms with Crippen molar-refractivity contribution < 1.29 is 4.79 Å². The van der Waals surface area contributed by atoms with E-state index in [1.807, 2.05) is 36.5 Å². The summed E-state index contributed by atoms with van der Waals surface area (Å²) in [5.41, 5.74) is 1.94. The first-order chi connectivity index (χ1) is 11.3. The van der Waals surface area contributed by atoms with E-state index in [-0.39, 0.29) is 11.2 Å². The quantitative estimate of drug-likeness (QED) is 0.805. The van der Waals surface area contributed by atoms with Gasteiger partial charge in [-0.25, -0.2) is 9.67 Å². The number of rotatable bonds is 3. The third kappa shape index (κ3) is 2.85. The third-order valence-corrected chi connectivity index (χ3v) is 5.01. The fraction of sp³-hybridized carbons (Fsp3) is 0.118. The highest BCUT2D eigenvalue weighted by Gasteiger charge is 2.27. The number of pyridine rings is 1. The van der Waals surface area contributed by atoms with Crippen LogP contribution in [0.3, 0.4) is 0 Å². The monoisotopic (exact) mass is 322 g/mol. The predicted octanol–water partition coefficient (Wildman–Crippen LogP) is 2.92. The van der Waals surface area contributed by atoms with Crippen molar-refractivity contribution in [3.05, 3.63) is 66.6 Å². The lowest BCUT2D eigenvalue weighted by molar-refractivity contribution is -0.115. The van der Waals surface area contributed by atoms with Crippen LogP contribution in [0.25, 0.3) is 5.82 Å². The molecule has 5 nitrogen and oxygen atoms in total. The van der Waals surface area contributed by atoms with Gasteiger partial charge in [-0.3, -0.25) is 4.79 Å². The molecular formula is C17H14N4OS. The van der Waals surface area contributed by atoms with Gasteiger partial charge in [0.05, 0.1) is 17.1 Å². The zero-order valence-electron chi connectivity index (χ0n) is 12.2. The number of amides is 1. The van der Waals surface area contributed by atoms with Crippen LogP contribution in [0.15, 0.2) is 66.0 Å². The number of fused-ring (bicyclic) bond motifs is 1. The summed E-state index contributed by atoms with van der Waals surface area (Å²) in [5, 5.41) is 6.98. The van der Waals surface area contributed by atoms with Crippen molar-refractivity contribution in [2.45, 2.75) is 16.6 Å². The van der Waals surface area contributed by atoms with Gasteiger partial charge in [0.15, 0.2) is 5.82 Å². The summed E-state index contributed by atoms with van der Waals surface area (Å²) in [5.74, 6) is 0.732. The van der Waals surface area contributed by atoms with Crippen LogP contribution in [0, 0.1) is 0 Å². The Morgan fingerprint density at radius 2 is 2.13 bits per heavy atom. The zero-order chi connectivity index (χ0) is 15.6. The normalized spacial score (nSPS) is 16.1. The van der Waals surface area contributed by atoms with Gasteiger partial charge >= 0.3 is 0 Å². The maximum Gasteiger partial charge on any atom is 0.238 e. The van der Waals surface area contributed by atoms with E-state index in [4.69, 9.17) is 0 Å². The molecule has 0 fully saturated rings. The minimum absolute atomic E-state index is 0.0137. The summed E-state index contributed by atoms with van der Waals surface area (Å²) in [4.78, 5) is 17.9. The minimum Gasteiger partial charge on any atom is -0.324 e. The van der Waals surface area contributed by atoms with Crippen LogP contribution < -0.4 is 5.32 Å². The summed E-state index contributed by atoms with van der Waals surface area (Å²) in [7, 11) is 0. The molecular weight excluding hydrogens is 308 g/mol. The Morgan fingerprint density at radius 1 is 1.22 bits per heavy atom. The molecule has 0 saturated carbocycles. The van der Waals surface area contributed by atoms with Crippen molar-refractivity contribution in [1.82, 2.24) is 14.8 Å². The Hall–Kier alpha value is -2.60. The SMILES string of the molecule is O=C(Nc1ccc(-n2cccn2)nc1)[C@H]1Cc2ccccc2S1. The van der Waals surface area contributed by atoms with Crippen molar-refractivity contribution in [2.24, 2.45) is 0 Å². The fourth-order valence-electron chi connectivity index (χ4n) is 2.55. The summed E-state index contributed by atoms with van der Waals surface area (Å²) in [6.45, 7) is 0. The summed E-state index contributed by atoms with van der Waals surface area (Å²) >= 11 is 1.62. The Morgan fingerprint density at radius 3 is 2.87 bits per heavy atom. The number of carbonyl (C=O) groups excluding carboxylic acids is 1. The molecule has 1 N–H and O–H groups in total. The molecule has 4 rings (SSSR count). The molecule has 0 saturated heterocycles. The van der Waals surface area contributed by atoms with E-state index in [9.17, 15) is 4.79 Å². The average Bonchev–Trinajstić information content (AvgIpc) is 3.25. The first kappa shape index (κ1) is 14.0. The van der Waals surface area contributed by atoms with Gasteiger partial charge in [0.2, 0.25) is 5.91 Å². The summed E-state index contributed by atoms with van der Waals surface area (Å²) in [6, 6.07) is 13.7. The number of anilines is 1. The standard InChI is InChI=1S/C17H14N4OS/c22-17(15-10-12-4-1-2-5-14(12)23-15)20-13-6-7-16(18-11-13)21-9-3-8-19-21/h1-9,11,15H,10H2,(H,20,22)/t15-/m1/s1. The number of thioether (sulfide) groups is 1. The van der Waals surface area contributed by atoms with E-state index in [2.05, 4.69) is 27.5 Å². The van der Waals surface area contributed by atoms with E-state index in [1.54, 1.807) is 28.8 Å². The number of nitrogens with one attached hydrogen (secondary N) is 1. The van der Waals surface area contributed by atoms with Crippen LogP contribution in [0.4, 0.5) is 5.69 Å². The molecule has 1 aliphatic rings. The van der Waals surface area contributed by atoms with Crippen LogP contribution in [-0.2, 0) is 11.2 Å². The minimum atomic E-state index is -0.0850. The largest absolute Gasteiger partial charge is 0.324 e. The van der Waals surface area contributed by atoms with Gasteiger partial charge in [0, 0.05) is 17.3 Å². The van der Waals surface area contributed by atoms with Gasteiger partial charge in [0.25, 0.3) is 0 Å². The van der Waals surface area contributed by atoms with Gasteiger partial charge in [-0.1, -0.05) is 18.2 Å². The molecule has 1 atom stereocenters. The zero-order valence-corrected chi connectivity index (χ0v) is 13.0. The van der Waals surface area contributed by atoms with Gasteiger partial charge < -0.3 is 5.32 Å². The van der Waals surface area contributed by atoms with Gasteiger partial charge in [-0.15, -0.1) is 11.8 Å². The highest BCUT2D eigenvalue weighted by molar-refractivity contribution is 8.01. The van der Waals surface area contributed by atoms with E-state index >= 15 is 0 Å². The van der Waals surface area contributed by atoms with Crippen LogP contribution in [-0.4, -0.2) is 25.9 Å². The van der Waals surface area contributed by atoms with Crippen molar-refractivity contribution >= 4 is 23.4 Å². The number of nitrogens with zero attached hydrogens (tertiary/aromatic N) is 3. The van der Waals surface area contributed by atoms with Gasteiger partial charge in [0.1, 0.15) is 0 Å². The molecule has 114 valence electrons. The Labute approximate surface area is 137 Å². The maximum atomic E-state index is 12.4. The lowest BCUT2D eigenvalue weighted by Gasteiger charge is -2.10. The molecule has 0 radical (unpaired) electrons. The highest BCUT2D eigenvalue weighted by Crippen LogP contribution is 2.37. The van der Waals surface area contributed by atoms with Crippen LogP contribution in [0.1, 0.15) is 5.56 Å². The molecule has 23 heavy (non-hydrogen) atoms. The molecule has 0 spiro atoms. The van der Waals surface area contributed by atoms with E-state index < -0.39 is 0 Å². The first-order valence-corrected chi connectivity index (χ1v) is 8.19. The van der Waals surface area contributed by atoms with Crippen molar-refractivity contribution in [2.75, 3.05) is 5.32 Å². The number of hydrogen-bond donors (Lipinski definition) is 1. The summed E-state index contributed by atoms with van der Waals surface area (Å²) < 4.78 is 1.68. The smallest absolute Gasteiger partial charge is 0.238 e. The fourth-order valence-corrected chi connectivity index (χ4v) is 3.75.